The van der Waals surface area contributed by atoms with Crippen molar-refractivity contribution in [2.24, 2.45) is 0 Å². The average Bonchev–Trinajstić information content (AvgIpc) is 3.16. The minimum atomic E-state index is -0.410. The van der Waals surface area contributed by atoms with E-state index in [1.165, 1.54) is 7.11 Å². The first-order chi connectivity index (χ1) is 11.7. The predicted octanol–water partition coefficient (Wildman–Crippen LogP) is 1.40. The molecule has 0 bridgehead atoms. The van der Waals surface area contributed by atoms with Gasteiger partial charge in [-0.15, -0.1) is 10.2 Å². The van der Waals surface area contributed by atoms with Crippen LogP contribution in [0.1, 0.15) is 34.9 Å². The summed E-state index contributed by atoms with van der Waals surface area (Å²) in [5, 5.41) is 16.9. The smallest absolute Gasteiger partial charge is 0.337 e. The van der Waals surface area contributed by atoms with Crippen molar-refractivity contribution in [1.82, 2.24) is 25.5 Å². The molecule has 1 atom stereocenters. The Balaban J connectivity index is 1.61. The summed E-state index contributed by atoms with van der Waals surface area (Å²) >= 11 is 0. The van der Waals surface area contributed by atoms with E-state index in [0.29, 0.717) is 30.2 Å². The highest BCUT2D eigenvalue weighted by molar-refractivity contribution is 5.92. The standard InChI is InChI=1S/C15H18N6O3/c1-24-14(22)10-4-6-12(7-5-10)16-15(23)21-8-2-3-11(9-21)13-17-19-20-18-13/h4-7,11H,2-3,8-9H2,1H3,(H,16,23)(H,17,18,19,20). The van der Waals surface area contributed by atoms with Crippen LogP contribution in [0.15, 0.2) is 24.3 Å². The SMILES string of the molecule is COC(=O)c1ccc(NC(=O)N2CCCC(c3nn[nH]n3)C2)cc1. The van der Waals surface area contributed by atoms with Gasteiger partial charge in [0, 0.05) is 24.7 Å². The molecular weight excluding hydrogens is 312 g/mol. The fourth-order valence-electron chi connectivity index (χ4n) is 2.72. The zero-order chi connectivity index (χ0) is 16.9. The van der Waals surface area contributed by atoms with Crippen molar-refractivity contribution in [3.05, 3.63) is 35.7 Å². The summed E-state index contributed by atoms with van der Waals surface area (Å²) in [6.45, 7) is 1.23. The number of hydrogen-bond acceptors (Lipinski definition) is 6. The number of hydrogen-bond donors (Lipinski definition) is 2. The molecule has 9 heteroatoms. The van der Waals surface area contributed by atoms with Gasteiger partial charge in [-0.05, 0) is 37.1 Å². The fraction of sp³-hybridized carbons (Fsp3) is 0.400. The van der Waals surface area contributed by atoms with Gasteiger partial charge in [0.15, 0.2) is 5.82 Å². The zero-order valence-electron chi connectivity index (χ0n) is 13.2. The molecule has 1 aromatic heterocycles. The van der Waals surface area contributed by atoms with Gasteiger partial charge < -0.3 is 15.0 Å². The summed E-state index contributed by atoms with van der Waals surface area (Å²) in [5.74, 6) is 0.312. The van der Waals surface area contributed by atoms with Crippen LogP contribution in [0.3, 0.4) is 0 Å². The van der Waals surface area contributed by atoms with Gasteiger partial charge in [-0.3, -0.25) is 0 Å². The molecule has 1 aliphatic rings. The number of nitrogens with one attached hydrogen (secondary N) is 2. The molecule has 9 nitrogen and oxygen atoms in total. The Morgan fingerprint density at radius 2 is 2.12 bits per heavy atom. The highest BCUT2D eigenvalue weighted by Crippen LogP contribution is 2.24. The molecule has 0 aliphatic carbocycles. The Hall–Kier alpha value is -2.97. The Kier molecular flexibility index (Phi) is 4.69. The number of urea groups is 1. The summed E-state index contributed by atoms with van der Waals surface area (Å²) in [6.07, 6.45) is 1.81. The number of benzene rings is 1. The number of rotatable bonds is 3. The van der Waals surface area contributed by atoms with Crippen LogP contribution >= 0.6 is 0 Å². The van der Waals surface area contributed by atoms with E-state index < -0.39 is 5.97 Å². The maximum atomic E-state index is 12.4. The van der Waals surface area contributed by atoms with Gasteiger partial charge in [0.05, 0.1) is 12.7 Å². The Morgan fingerprint density at radius 3 is 2.79 bits per heavy atom. The summed E-state index contributed by atoms with van der Waals surface area (Å²) < 4.78 is 4.65. The molecule has 2 heterocycles. The number of likely N-dealkylation sites (tertiary alicyclic amines) is 1. The largest absolute Gasteiger partial charge is 0.465 e. The van der Waals surface area contributed by atoms with Gasteiger partial charge in [-0.1, -0.05) is 5.21 Å². The number of amides is 2. The summed E-state index contributed by atoms with van der Waals surface area (Å²) in [5.41, 5.74) is 1.06. The van der Waals surface area contributed by atoms with E-state index in [1.54, 1.807) is 29.2 Å². The lowest BCUT2D eigenvalue weighted by molar-refractivity contribution is 0.0600. The van der Waals surface area contributed by atoms with E-state index in [1.807, 2.05) is 0 Å². The number of aromatic amines is 1. The Morgan fingerprint density at radius 1 is 1.33 bits per heavy atom. The summed E-state index contributed by atoms with van der Waals surface area (Å²) in [6, 6.07) is 6.38. The van der Waals surface area contributed by atoms with Crippen molar-refractivity contribution in [3.8, 4) is 0 Å². The number of tetrazole rings is 1. The normalized spacial score (nSPS) is 17.4. The third-order valence-corrected chi connectivity index (χ3v) is 3.99. The molecule has 1 aromatic carbocycles. The van der Waals surface area contributed by atoms with Crippen LogP contribution in [0.2, 0.25) is 0 Å². The fourth-order valence-corrected chi connectivity index (χ4v) is 2.72. The quantitative estimate of drug-likeness (QED) is 0.822. The first-order valence-electron chi connectivity index (χ1n) is 7.65. The molecule has 126 valence electrons. The van der Waals surface area contributed by atoms with E-state index in [0.717, 1.165) is 12.8 Å². The van der Waals surface area contributed by atoms with Gasteiger partial charge in [-0.25, -0.2) is 9.59 Å². The molecule has 2 aromatic rings. The third kappa shape index (κ3) is 3.50. The van der Waals surface area contributed by atoms with Gasteiger partial charge in [-0.2, -0.15) is 5.21 Å². The minimum Gasteiger partial charge on any atom is -0.465 e. The van der Waals surface area contributed by atoms with Crippen molar-refractivity contribution in [2.75, 3.05) is 25.5 Å². The van der Waals surface area contributed by atoms with Crippen molar-refractivity contribution >= 4 is 17.7 Å². The number of carbonyl (C=O) groups is 2. The third-order valence-electron chi connectivity index (χ3n) is 3.99. The lowest BCUT2D eigenvalue weighted by Gasteiger charge is -2.31. The maximum absolute atomic E-state index is 12.4. The van der Waals surface area contributed by atoms with E-state index in [4.69, 9.17) is 0 Å². The lowest BCUT2D eigenvalue weighted by atomic mass is 9.98. The summed E-state index contributed by atoms with van der Waals surface area (Å²) in [7, 11) is 1.33. The topological polar surface area (TPSA) is 113 Å². The summed E-state index contributed by atoms with van der Waals surface area (Å²) in [4.78, 5) is 25.6. The van der Waals surface area contributed by atoms with Crippen molar-refractivity contribution in [2.45, 2.75) is 18.8 Å². The van der Waals surface area contributed by atoms with Gasteiger partial charge in [0.25, 0.3) is 0 Å². The molecule has 1 unspecified atom stereocenters. The lowest BCUT2D eigenvalue weighted by Crippen LogP contribution is -2.41. The Bertz CT molecular complexity index is 701. The van der Waals surface area contributed by atoms with Crippen LogP contribution in [-0.4, -0.2) is 57.7 Å². The second kappa shape index (κ2) is 7.07. The van der Waals surface area contributed by atoms with Gasteiger partial charge in [0.1, 0.15) is 0 Å². The number of piperidine rings is 1. The van der Waals surface area contributed by atoms with Crippen LogP contribution in [0, 0.1) is 0 Å². The molecule has 0 radical (unpaired) electrons. The van der Waals surface area contributed by atoms with Crippen molar-refractivity contribution in [3.63, 3.8) is 0 Å². The van der Waals surface area contributed by atoms with E-state index in [2.05, 4.69) is 30.7 Å². The molecule has 1 fully saturated rings. The first kappa shape index (κ1) is 15.9. The number of methoxy groups -OCH3 is 1. The molecular formula is C15H18N6O3. The number of aromatic nitrogens is 4. The number of anilines is 1. The molecule has 24 heavy (non-hydrogen) atoms. The number of ether oxygens (including phenoxy) is 1. The van der Waals surface area contributed by atoms with Crippen molar-refractivity contribution in [1.29, 1.82) is 0 Å². The van der Waals surface area contributed by atoms with Crippen LogP contribution in [0.4, 0.5) is 10.5 Å². The van der Waals surface area contributed by atoms with Crippen LogP contribution in [0.25, 0.3) is 0 Å². The number of esters is 1. The van der Waals surface area contributed by atoms with Gasteiger partial charge >= 0.3 is 12.0 Å². The zero-order valence-corrected chi connectivity index (χ0v) is 13.2. The maximum Gasteiger partial charge on any atom is 0.337 e. The monoisotopic (exact) mass is 330 g/mol. The van der Waals surface area contributed by atoms with E-state index in [-0.39, 0.29) is 11.9 Å². The molecule has 2 amide bonds. The highest BCUT2D eigenvalue weighted by atomic mass is 16.5. The molecule has 0 spiro atoms. The molecule has 2 N–H and O–H groups in total. The molecule has 1 saturated heterocycles. The van der Waals surface area contributed by atoms with E-state index in [9.17, 15) is 9.59 Å². The second-order valence-electron chi connectivity index (χ2n) is 5.55. The highest BCUT2D eigenvalue weighted by Gasteiger charge is 2.27. The average molecular weight is 330 g/mol. The van der Waals surface area contributed by atoms with Crippen molar-refractivity contribution < 1.29 is 14.3 Å². The van der Waals surface area contributed by atoms with Crippen LogP contribution < -0.4 is 5.32 Å². The minimum absolute atomic E-state index is 0.0879. The first-order valence-corrected chi connectivity index (χ1v) is 7.65. The van der Waals surface area contributed by atoms with Crippen LogP contribution in [-0.2, 0) is 4.74 Å². The van der Waals surface area contributed by atoms with E-state index >= 15 is 0 Å². The molecule has 0 saturated carbocycles. The number of nitrogens with zero attached hydrogens (tertiary/aromatic N) is 4. The van der Waals surface area contributed by atoms with Gasteiger partial charge in [0.2, 0.25) is 0 Å². The predicted molar refractivity (Wildman–Crippen MR) is 84.5 cm³/mol. The van der Waals surface area contributed by atoms with Crippen LogP contribution in [0.5, 0.6) is 0 Å². The number of H-pyrrole nitrogens is 1. The molecule has 3 rings (SSSR count). The number of carbonyl (C=O) groups excluding carboxylic acids is 2. The molecule has 1 aliphatic heterocycles. The Labute approximate surface area is 138 Å². The second-order valence-corrected chi connectivity index (χ2v) is 5.55.